The summed E-state index contributed by atoms with van der Waals surface area (Å²) in [6, 6.07) is 6.65. The van der Waals surface area contributed by atoms with Crippen LogP contribution in [0.15, 0.2) is 28.1 Å². The maximum Gasteiger partial charge on any atom is 0.123 e. The van der Waals surface area contributed by atoms with E-state index in [0.29, 0.717) is 6.42 Å². The Morgan fingerprint density at radius 3 is 2.61 bits per heavy atom. The van der Waals surface area contributed by atoms with Crippen LogP contribution >= 0.6 is 27.3 Å². The van der Waals surface area contributed by atoms with Gasteiger partial charge in [0.2, 0.25) is 0 Å². The molecule has 0 saturated carbocycles. The fourth-order valence-electron chi connectivity index (χ4n) is 1.82. The fourth-order valence-corrected chi connectivity index (χ4v) is 3.37. The number of halogens is 2. The van der Waals surface area contributed by atoms with E-state index in [1.54, 1.807) is 6.07 Å². The number of benzene rings is 1. The Labute approximate surface area is 118 Å². The number of thiophene rings is 1. The van der Waals surface area contributed by atoms with Gasteiger partial charge in [0.25, 0.3) is 0 Å². The largest absolute Gasteiger partial charge is 0.387 e. The lowest BCUT2D eigenvalue weighted by Crippen LogP contribution is -2.01. The van der Waals surface area contributed by atoms with Gasteiger partial charge >= 0.3 is 0 Å². The molecule has 4 heteroatoms. The number of hydrogen-bond acceptors (Lipinski definition) is 2. The van der Waals surface area contributed by atoms with Crippen LogP contribution in [0.4, 0.5) is 4.39 Å². The highest BCUT2D eigenvalue weighted by molar-refractivity contribution is 9.11. The third-order valence-electron chi connectivity index (χ3n) is 2.93. The van der Waals surface area contributed by atoms with Crippen molar-refractivity contribution in [2.45, 2.75) is 26.4 Å². The quantitative estimate of drug-likeness (QED) is 0.876. The fraction of sp³-hybridized carbons (Fsp3) is 0.286. The SMILES string of the molecule is Cc1ccc(F)cc1CC(O)c1cc(C)c(Br)s1. The van der Waals surface area contributed by atoms with E-state index in [1.165, 1.54) is 23.5 Å². The number of hydrogen-bond donors (Lipinski definition) is 1. The summed E-state index contributed by atoms with van der Waals surface area (Å²) < 4.78 is 14.2. The van der Waals surface area contributed by atoms with Crippen LogP contribution in [-0.2, 0) is 6.42 Å². The van der Waals surface area contributed by atoms with Crippen LogP contribution < -0.4 is 0 Å². The Morgan fingerprint density at radius 2 is 2.00 bits per heavy atom. The number of aryl methyl sites for hydroxylation is 2. The summed E-state index contributed by atoms with van der Waals surface area (Å²) in [5.41, 5.74) is 2.97. The molecule has 1 unspecified atom stereocenters. The molecule has 1 N–H and O–H groups in total. The average molecular weight is 329 g/mol. The number of aliphatic hydroxyl groups excluding tert-OH is 1. The Morgan fingerprint density at radius 1 is 1.28 bits per heavy atom. The summed E-state index contributed by atoms with van der Waals surface area (Å²) >= 11 is 4.97. The Bertz CT molecular complexity index is 545. The molecule has 0 amide bonds. The van der Waals surface area contributed by atoms with Crippen LogP contribution in [-0.4, -0.2) is 5.11 Å². The van der Waals surface area contributed by atoms with Crippen LogP contribution in [0.3, 0.4) is 0 Å². The molecule has 0 aliphatic heterocycles. The standard InChI is InChI=1S/C14H14BrFOS/c1-8-3-4-11(16)6-10(8)7-12(17)13-5-9(2)14(15)18-13/h3-6,12,17H,7H2,1-2H3. The molecule has 1 heterocycles. The zero-order valence-electron chi connectivity index (χ0n) is 10.2. The number of aliphatic hydroxyl groups is 1. The second-order valence-corrected chi connectivity index (χ2v) is 6.80. The molecule has 0 saturated heterocycles. The van der Waals surface area contributed by atoms with E-state index in [0.717, 1.165) is 25.4 Å². The van der Waals surface area contributed by atoms with E-state index in [1.807, 2.05) is 19.9 Å². The van der Waals surface area contributed by atoms with Gasteiger partial charge in [-0.25, -0.2) is 4.39 Å². The molecule has 1 aromatic carbocycles. The molecule has 1 atom stereocenters. The average Bonchev–Trinajstić information content (AvgIpc) is 2.64. The Hall–Kier alpha value is -0.710. The van der Waals surface area contributed by atoms with Crippen LogP contribution in [0.2, 0.25) is 0 Å². The van der Waals surface area contributed by atoms with Gasteiger partial charge in [-0.1, -0.05) is 6.07 Å². The first-order chi connectivity index (χ1) is 8.47. The van der Waals surface area contributed by atoms with Crippen molar-refractivity contribution in [3.05, 3.63) is 55.4 Å². The smallest absolute Gasteiger partial charge is 0.123 e. The van der Waals surface area contributed by atoms with Crippen molar-refractivity contribution in [3.8, 4) is 0 Å². The maximum atomic E-state index is 13.2. The van der Waals surface area contributed by atoms with Crippen molar-refractivity contribution in [2.75, 3.05) is 0 Å². The Balaban J connectivity index is 2.20. The molecule has 1 nitrogen and oxygen atoms in total. The molecule has 96 valence electrons. The first-order valence-corrected chi connectivity index (χ1v) is 7.27. The minimum atomic E-state index is -0.583. The molecule has 18 heavy (non-hydrogen) atoms. The van der Waals surface area contributed by atoms with Gasteiger partial charge in [-0.2, -0.15) is 0 Å². The van der Waals surface area contributed by atoms with E-state index in [4.69, 9.17) is 0 Å². The molecule has 0 radical (unpaired) electrons. The maximum absolute atomic E-state index is 13.2. The molecular formula is C14H14BrFOS. The summed E-state index contributed by atoms with van der Waals surface area (Å²) in [5, 5.41) is 10.2. The van der Waals surface area contributed by atoms with Gasteiger partial charge < -0.3 is 5.11 Å². The van der Waals surface area contributed by atoms with E-state index < -0.39 is 6.10 Å². The molecule has 0 aliphatic carbocycles. The van der Waals surface area contributed by atoms with Gasteiger partial charge in [0.15, 0.2) is 0 Å². The molecule has 2 rings (SSSR count). The molecule has 0 fully saturated rings. The highest BCUT2D eigenvalue weighted by Gasteiger charge is 2.14. The summed E-state index contributed by atoms with van der Waals surface area (Å²) in [5.74, 6) is -0.258. The van der Waals surface area contributed by atoms with E-state index in [-0.39, 0.29) is 5.82 Å². The van der Waals surface area contributed by atoms with Crippen molar-refractivity contribution >= 4 is 27.3 Å². The molecular weight excluding hydrogens is 315 g/mol. The van der Waals surface area contributed by atoms with Crippen LogP contribution in [0.25, 0.3) is 0 Å². The van der Waals surface area contributed by atoms with Gasteiger partial charge in [0.05, 0.1) is 9.89 Å². The highest BCUT2D eigenvalue weighted by atomic mass is 79.9. The predicted molar refractivity (Wildman–Crippen MR) is 76.6 cm³/mol. The van der Waals surface area contributed by atoms with Crippen molar-refractivity contribution in [3.63, 3.8) is 0 Å². The summed E-state index contributed by atoms with van der Waals surface area (Å²) in [7, 11) is 0. The zero-order valence-corrected chi connectivity index (χ0v) is 12.6. The second-order valence-electron chi connectivity index (χ2n) is 4.40. The van der Waals surface area contributed by atoms with Gasteiger partial charge in [-0.15, -0.1) is 11.3 Å². The van der Waals surface area contributed by atoms with Crippen molar-refractivity contribution < 1.29 is 9.50 Å². The normalized spacial score (nSPS) is 12.7. The number of rotatable bonds is 3. The van der Waals surface area contributed by atoms with Gasteiger partial charge in [-0.05, 0) is 64.7 Å². The van der Waals surface area contributed by atoms with Crippen molar-refractivity contribution in [2.24, 2.45) is 0 Å². The molecule has 0 aliphatic rings. The third kappa shape index (κ3) is 2.99. The van der Waals surface area contributed by atoms with Crippen molar-refractivity contribution in [1.82, 2.24) is 0 Å². The second kappa shape index (κ2) is 5.51. The predicted octanol–water partition coefficient (Wildman–Crippen LogP) is 4.54. The third-order valence-corrected chi connectivity index (χ3v) is 5.17. The van der Waals surface area contributed by atoms with E-state index >= 15 is 0 Å². The van der Waals surface area contributed by atoms with Crippen LogP contribution in [0.1, 0.15) is 27.7 Å². The first kappa shape index (κ1) is 13.7. The summed E-state index contributed by atoms with van der Waals surface area (Å²) in [6.07, 6.45) is -0.142. The molecule has 0 bridgehead atoms. The van der Waals surface area contributed by atoms with Crippen LogP contribution in [0.5, 0.6) is 0 Å². The lowest BCUT2D eigenvalue weighted by atomic mass is 10.0. The minimum Gasteiger partial charge on any atom is -0.387 e. The first-order valence-electron chi connectivity index (χ1n) is 5.66. The van der Waals surface area contributed by atoms with Crippen molar-refractivity contribution in [1.29, 1.82) is 0 Å². The van der Waals surface area contributed by atoms with E-state index in [9.17, 15) is 9.50 Å². The van der Waals surface area contributed by atoms with E-state index in [2.05, 4.69) is 15.9 Å². The van der Waals surface area contributed by atoms with Gasteiger partial charge in [0.1, 0.15) is 5.82 Å². The zero-order chi connectivity index (χ0) is 13.3. The van der Waals surface area contributed by atoms with Crippen LogP contribution in [0, 0.1) is 19.7 Å². The minimum absolute atomic E-state index is 0.258. The monoisotopic (exact) mass is 328 g/mol. The summed E-state index contributed by atoms with van der Waals surface area (Å²) in [6.45, 7) is 3.92. The molecule has 1 aromatic heterocycles. The Kier molecular flexibility index (Phi) is 4.20. The topological polar surface area (TPSA) is 20.2 Å². The lowest BCUT2D eigenvalue weighted by Gasteiger charge is -2.11. The highest BCUT2D eigenvalue weighted by Crippen LogP contribution is 2.33. The lowest BCUT2D eigenvalue weighted by molar-refractivity contribution is 0.182. The molecule has 2 aromatic rings. The van der Waals surface area contributed by atoms with Gasteiger partial charge in [-0.3, -0.25) is 0 Å². The summed E-state index contributed by atoms with van der Waals surface area (Å²) in [4.78, 5) is 0.906. The molecule has 0 spiro atoms. The van der Waals surface area contributed by atoms with Gasteiger partial charge in [0, 0.05) is 11.3 Å².